The summed E-state index contributed by atoms with van der Waals surface area (Å²) in [6, 6.07) is 0.750. The van der Waals surface area contributed by atoms with Crippen molar-refractivity contribution in [2.45, 2.75) is 91.0 Å². The molecule has 0 aromatic heterocycles. The topological polar surface area (TPSA) is 12.0 Å². The monoisotopic (exact) mass is 265 g/mol. The smallest absolute Gasteiger partial charge is 0.00668 e. The Balaban J connectivity index is 1.87. The molecule has 1 heteroatoms. The molecule has 112 valence electrons. The molecule has 2 aliphatic rings. The maximum absolute atomic E-state index is 3.66. The lowest BCUT2D eigenvalue weighted by Gasteiger charge is -2.42. The lowest BCUT2D eigenvalue weighted by atomic mass is 9.64. The van der Waals surface area contributed by atoms with Crippen molar-refractivity contribution >= 4 is 0 Å². The second-order valence-corrected chi connectivity index (χ2v) is 7.41. The maximum Gasteiger partial charge on any atom is 0.00668 e. The lowest BCUT2D eigenvalue weighted by Crippen LogP contribution is -2.34. The number of fused-ring (bicyclic) bond motifs is 1. The van der Waals surface area contributed by atoms with Crippen LogP contribution in [-0.2, 0) is 0 Å². The fourth-order valence-electron chi connectivity index (χ4n) is 5.18. The van der Waals surface area contributed by atoms with E-state index in [-0.39, 0.29) is 0 Å². The molecule has 0 aromatic carbocycles. The SMILES string of the molecule is CCNC(CC)CC(C)CC12CCCC[C@H]1CCC2. The summed E-state index contributed by atoms with van der Waals surface area (Å²) in [5, 5.41) is 3.66. The van der Waals surface area contributed by atoms with E-state index in [9.17, 15) is 0 Å². The van der Waals surface area contributed by atoms with E-state index < -0.39 is 0 Å². The zero-order valence-electron chi connectivity index (χ0n) is 13.5. The Morgan fingerprint density at radius 2 is 1.84 bits per heavy atom. The van der Waals surface area contributed by atoms with E-state index in [1.165, 1.54) is 51.4 Å². The lowest BCUT2D eigenvalue weighted by molar-refractivity contribution is 0.0907. The molecule has 0 bridgehead atoms. The zero-order valence-corrected chi connectivity index (χ0v) is 13.5. The number of rotatable bonds is 7. The number of nitrogens with one attached hydrogen (secondary N) is 1. The van der Waals surface area contributed by atoms with Crippen molar-refractivity contribution in [2.75, 3.05) is 6.54 Å². The predicted octanol–water partition coefficient (Wildman–Crippen LogP) is 5.15. The van der Waals surface area contributed by atoms with Gasteiger partial charge in [-0.05, 0) is 68.7 Å². The average molecular weight is 265 g/mol. The van der Waals surface area contributed by atoms with Crippen LogP contribution < -0.4 is 5.32 Å². The fraction of sp³-hybridized carbons (Fsp3) is 1.00. The van der Waals surface area contributed by atoms with Gasteiger partial charge in [-0.1, -0.05) is 40.0 Å². The molecule has 0 amide bonds. The highest BCUT2D eigenvalue weighted by Crippen LogP contribution is 2.55. The summed E-state index contributed by atoms with van der Waals surface area (Å²) >= 11 is 0. The molecule has 0 radical (unpaired) electrons. The van der Waals surface area contributed by atoms with Crippen LogP contribution in [0.25, 0.3) is 0 Å². The van der Waals surface area contributed by atoms with E-state index in [0.29, 0.717) is 0 Å². The first-order chi connectivity index (χ1) is 9.20. The molecule has 19 heavy (non-hydrogen) atoms. The molecular formula is C18H35N. The van der Waals surface area contributed by atoms with Crippen LogP contribution in [0.2, 0.25) is 0 Å². The first kappa shape index (κ1) is 15.4. The molecule has 0 heterocycles. The first-order valence-electron chi connectivity index (χ1n) is 8.93. The molecule has 2 fully saturated rings. The summed E-state index contributed by atoms with van der Waals surface area (Å²) in [6.07, 6.45) is 14.9. The predicted molar refractivity (Wildman–Crippen MR) is 84.4 cm³/mol. The second kappa shape index (κ2) is 7.11. The summed E-state index contributed by atoms with van der Waals surface area (Å²) in [4.78, 5) is 0. The summed E-state index contributed by atoms with van der Waals surface area (Å²) in [7, 11) is 0. The van der Waals surface area contributed by atoms with Gasteiger partial charge in [-0.2, -0.15) is 0 Å². The Labute approximate surface area is 120 Å². The van der Waals surface area contributed by atoms with Crippen LogP contribution in [0.15, 0.2) is 0 Å². The van der Waals surface area contributed by atoms with E-state index in [2.05, 4.69) is 26.1 Å². The number of hydrogen-bond donors (Lipinski definition) is 1. The standard InChI is InChI=1S/C18H35N/c1-4-17(19-5-2)13-15(3)14-18-11-7-6-9-16(18)10-8-12-18/h15-17,19H,4-14H2,1-3H3/t15?,16-,17?,18?/m0/s1. The van der Waals surface area contributed by atoms with Gasteiger partial charge in [0.1, 0.15) is 0 Å². The van der Waals surface area contributed by atoms with Crippen molar-refractivity contribution in [2.24, 2.45) is 17.3 Å². The first-order valence-corrected chi connectivity index (χ1v) is 8.93. The molecule has 1 N–H and O–H groups in total. The quantitative estimate of drug-likeness (QED) is 0.671. The van der Waals surface area contributed by atoms with Gasteiger partial charge in [0.25, 0.3) is 0 Å². The summed E-state index contributed by atoms with van der Waals surface area (Å²) in [5.74, 6) is 1.99. The van der Waals surface area contributed by atoms with Crippen molar-refractivity contribution in [3.63, 3.8) is 0 Å². The average Bonchev–Trinajstić information content (AvgIpc) is 2.81. The molecule has 3 unspecified atom stereocenters. The minimum atomic E-state index is 0.750. The van der Waals surface area contributed by atoms with Crippen LogP contribution in [0, 0.1) is 17.3 Å². The Kier molecular flexibility index (Phi) is 5.74. The van der Waals surface area contributed by atoms with Gasteiger partial charge in [-0.15, -0.1) is 0 Å². The summed E-state index contributed by atoms with van der Waals surface area (Å²) < 4.78 is 0. The Morgan fingerprint density at radius 1 is 1.11 bits per heavy atom. The van der Waals surface area contributed by atoms with Crippen LogP contribution in [0.3, 0.4) is 0 Å². The third-order valence-electron chi connectivity index (χ3n) is 6.00. The largest absolute Gasteiger partial charge is 0.314 e. The van der Waals surface area contributed by atoms with E-state index in [0.717, 1.165) is 29.8 Å². The number of hydrogen-bond acceptors (Lipinski definition) is 1. The van der Waals surface area contributed by atoms with Gasteiger partial charge in [-0.25, -0.2) is 0 Å². The Hall–Kier alpha value is -0.0400. The molecule has 4 atom stereocenters. The fourth-order valence-corrected chi connectivity index (χ4v) is 5.18. The van der Waals surface area contributed by atoms with Crippen LogP contribution in [0.1, 0.15) is 85.0 Å². The zero-order chi connectivity index (χ0) is 13.7. The van der Waals surface area contributed by atoms with Gasteiger partial charge in [-0.3, -0.25) is 0 Å². The molecule has 0 saturated heterocycles. The molecule has 0 aliphatic heterocycles. The molecule has 2 aliphatic carbocycles. The second-order valence-electron chi connectivity index (χ2n) is 7.41. The van der Waals surface area contributed by atoms with Gasteiger partial charge in [0.15, 0.2) is 0 Å². The van der Waals surface area contributed by atoms with E-state index >= 15 is 0 Å². The third-order valence-corrected chi connectivity index (χ3v) is 6.00. The normalized spacial score (nSPS) is 33.9. The van der Waals surface area contributed by atoms with Gasteiger partial charge in [0.2, 0.25) is 0 Å². The Morgan fingerprint density at radius 3 is 2.58 bits per heavy atom. The van der Waals surface area contributed by atoms with Crippen LogP contribution in [-0.4, -0.2) is 12.6 Å². The summed E-state index contributed by atoms with van der Waals surface area (Å²) in [5.41, 5.74) is 0.766. The highest BCUT2D eigenvalue weighted by Gasteiger charge is 2.44. The van der Waals surface area contributed by atoms with Crippen LogP contribution in [0.4, 0.5) is 0 Å². The molecule has 2 saturated carbocycles. The molecule has 2 rings (SSSR count). The van der Waals surface area contributed by atoms with Gasteiger partial charge in [0.05, 0.1) is 0 Å². The Bertz CT molecular complexity index is 262. The third kappa shape index (κ3) is 3.74. The van der Waals surface area contributed by atoms with E-state index in [4.69, 9.17) is 0 Å². The molecule has 1 nitrogen and oxygen atoms in total. The van der Waals surface area contributed by atoms with Crippen molar-refractivity contribution in [1.82, 2.24) is 5.32 Å². The summed E-state index contributed by atoms with van der Waals surface area (Å²) in [6.45, 7) is 8.20. The van der Waals surface area contributed by atoms with Gasteiger partial charge >= 0.3 is 0 Å². The van der Waals surface area contributed by atoms with Crippen molar-refractivity contribution in [3.05, 3.63) is 0 Å². The van der Waals surface area contributed by atoms with Crippen molar-refractivity contribution < 1.29 is 0 Å². The van der Waals surface area contributed by atoms with Crippen molar-refractivity contribution in [3.8, 4) is 0 Å². The maximum atomic E-state index is 3.66. The van der Waals surface area contributed by atoms with Gasteiger partial charge in [0, 0.05) is 6.04 Å². The van der Waals surface area contributed by atoms with Crippen molar-refractivity contribution in [1.29, 1.82) is 0 Å². The highest BCUT2D eigenvalue weighted by atomic mass is 14.9. The molecule has 0 spiro atoms. The minimum absolute atomic E-state index is 0.750. The minimum Gasteiger partial charge on any atom is -0.314 e. The highest BCUT2D eigenvalue weighted by molar-refractivity contribution is 4.95. The van der Waals surface area contributed by atoms with E-state index in [1.54, 1.807) is 12.8 Å². The van der Waals surface area contributed by atoms with Crippen LogP contribution in [0.5, 0.6) is 0 Å². The van der Waals surface area contributed by atoms with Gasteiger partial charge < -0.3 is 5.32 Å². The molecule has 0 aromatic rings. The van der Waals surface area contributed by atoms with E-state index in [1.807, 2.05) is 0 Å². The molecular weight excluding hydrogens is 230 g/mol. The van der Waals surface area contributed by atoms with Crippen LogP contribution >= 0.6 is 0 Å².